The molecule has 0 N–H and O–H groups in total. The van der Waals surface area contributed by atoms with Crippen LogP contribution in [-0.4, -0.2) is 17.4 Å². The Morgan fingerprint density at radius 2 is 2.10 bits per heavy atom. The van der Waals surface area contributed by atoms with Crippen LogP contribution < -0.4 is 0 Å². The summed E-state index contributed by atoms with van der Waals surface area (Å²) in [6, 6.07) is 7.23. The lowest BCUT2D eigenvalue weighted by molar-refractivity contribution is 0.0733. The molecule has 1 aromatic heterocycles. The molecule has 1 atom stereocenters. The van der Waals surface area contributed by atoms with Crippen LogP contribution in [0.15, 0.2) is 39.6 Å². The predicted octanol–water partition coefficient (Wildman–Crippen LogP) is 5.33. The molecule has 1 unspecified atom stereocenters. The van der Waals surface area contributed by atoms with E-state index in [0.717, 1.165) is 24.9 Å². The molecular formula is C15H12BrCl2NO2. The molecule has 0 saturated carbocycles. The highest BCUT2D eigenvalue weighted by Gasteiger charge is 2.32. The predicted molar refractivity (Wildman–Crippen MR) is 85.9 cm³/mol. The molecular weight excluding hydrogens is 377 g/mol. The first-order chi connectivity index (χ1) is 10.1. The standard InChI is InChI=1S/C15H12BrCl2NO2/c16-14-10(5-7-21-14)15(20)19-6-1-2-13(19)9-3-4-11(17)12(18)8-9/h3-5,7-8,13H,1-2,6H2. The van der Waals surface area contributed by atoms with Crippen LogP contribution in [0.2, 0.25) is 10.0 Å². The van der Waals surface area contributed by atoms with Crippen molar-refractivity contribution in [3.05, 3.63) is 56.4 Å². The molecule has 1 saturated heterocycles. The minimum atomic E-state index is -0.0378. The quantitative estimate of drug-likeness (QED) is 0.696. The van der Waals surface area contributed by atoms with Crippen molar-refractivity contribution in [1.29, 1.82) is 0 Å². The first kappa shape index (κ1) is 14.9. The van der Waals surface area contributed by atoms with Crippen molar-refractivity contribution in [2.24, 2.45) is 0 Å². The van der Waals surface area contributed by atoms with E-state index in [4.69, 9.17) is 27.6 Å². The Morgan fingerprint density at radius 1 is 1.29 bits per heavy atom. The van der Waals surface area contributed by atoms with Crippen LogP contribution in [0.3, 0.4) is 0 Å². The number of nitrogens with zero attached hydrogens (tertiary/aromatic N) is 1. The second-order valence-corrected chi connectivity index (χ2v) is 6.47. The number of hydrogen-bond acceptors (Lipinski definition) is 2. The summed E-state index contributed by atoms with van der Waals surface area (Å²) in [5.41, 5.74) is 1.55. The van der Waals surface area contributed by atoms with Crippen LogP contribution in [-0.2, 0) is 0 Å². The maximum Gasteiger partial charge on any atom is 0.258 e. The fraction of sp³-hybridized carbons (Fsp3) is 0.267. The van der Waals surface area contributed by atoms with Gasteiger partial charge in [-0.05, 0) is 52.5 Å². The molecule has 6 heteroatoms. The van der Waals surface area contributed by atoms with Gasteiger partial charge in [0.15, 0.2) is 4.67 Å². The lowest BCUT2D eigenvalue weighted by Crippen LogP contribution is -2.30. The summed E-state index contributed by atoms with van der Waals surface area (Å²) >= 11 is 15.3. The first-order valence-corrected chi connectivity index (χ1v) is 8.11. The van der Waals surface area contributed by atoms with Gasteiger partial charge in [0.2, 0.25) is 0 Å². The van der Waals surface area contributed by atoms with Gasteiger partial charge in [-0.3, -0.25) is 4.79 Å². The van der Waals surface area contributed by atoms with Crippen LogP contribution in [0, 0.1) is 0 Å². The minimum Gasteiger partial charge on any atom is -0.457 e. The van der Waals surface area contributed by atoms with Crippen molar-refractivity contribution in [3.63, 3.8) is 0 Å². The average molecular weight is 389 g/mol. The number of halogens is 3. The second-order valence-electron chi connectivity index (χ2n) is 4.94. The van der Waals surface area contributed by atoms with Crippen LogP contribution in [0.4, 0.5) is 0 Å². The molecule has 21 heavy (non-hydrogen) atoms. The number of rotatable bonds is 2. The Kier molecular flexibility index (Phi) is 4.29. The molecule has 0 spiro atoms. The van der Waals surface area contributed by atoms with Gasteiger partial charge in [-0.25, -0.2) is 0 Å². The van der Waals surface area contributed by atoms with Crippen LogP contribution >= 0.6 is 39.1 Å². The van der Waals surface area contributed by atoms with E-state index in [2.05, 4.69) is 15.9 Å². The van der Waals surface area contributed by atoms with E-state index in [1.54, 1.807) is 12.1 Å². The Bertz CT molecular complexity index is 686. The number of amides is 1. The zero-order chi connectivity index (χ0) is 15.0. The van der Waals surface area contributed by atoms with Crippen molar-refractivity contribution in [1.82, 2.24) is 4.90 Å². The zero-order valence-electron chi connectivity index (χ0n) is 11.0. The van der Waals surface area contributed by atoms with E-state index in [1.807, 2.05) is 17.0 Å². The lowest BCUT2D eigenvalue weighted by atomic mass is 10.0. The number of hydrogen-bond donors (Lipinski definition) is 0. The smallest absolute Gasteiger partial charge is 0.258 e. The molecule has 0 bridgehead atoms. The van der Waals surface area contributed by atoms with Crippen molar-refractivity contribution < 1.29 is 9.21 Å². The maximum absolute atomic E-state index is 12.6. The molecule has 3 nitrogen and oxygen atoms in total. The molecule has 2 aromatic rings. The van der Waals surface area contributed by atoms with Gasteiger partial charge < -0.3 is 9.32 Å². The average Bonchev–Trinajstić information content (AvgIpc) is 3.10. The second kappa shape index (κ2) is 6.03. The van der Waals surface area contributed by atoms with E-state index in [-0.39, 0.29) is 11.9 Å². The minimum absolute atomic E-state index is 0.0223. The molecule has 1 aliphatic heterocycles. The van der Waals surface area contributed by atoms with Gasteiger partial charge in [-0.1, -0.05) is 29.3 Å². The summed E-state index contributed by atoms with van der Waals surface area (Å²) < 4.78 is 5.62. The molecule has 110 valence electrons. The third-order valence-electron chi connectivity index (χ3n) is 3.69. The fourth-order valence-corrected chi connectivity index (χ4v) is 3.39. The van der Waals surface area contributed by atoms with Crippen molar-refractivity contribution in [2.75, 3.05) is 6.54 Å². The van der Waals surface area contributed by atoms with Gasteiger partial charge >= 0.3 is 0 Å². The van der Waals surface area contributed by atoms with Crippen molar-refractivity contribution >= 4 is 45.0 Å². The summed E-state index contributed by atoms with van der Waals surface area (Å²) in [5.74, 6) is -0.0378. The number of carbonyl (C=O) groups is 1. The van der Waals surface area contributed by atoms with E-state index >= 15 is 0 Å². The number of benzene rings is 1. The van der Waals surface area contributed by atoms with E-state index in [0.29, 0.717) is 20.3 Å². The lowest BCUT2D eigenvalue weighted by Gasteiger charge is -2.25. The number of likely N-dealkylation sites (tertiary alicyclic amines) is 1. The molecule has 0 aliphatic carbocycles. The molecule has 2 heterocycles. The van der Waals surface area contributed by atoms with Crippen LogP contribution in [0.25, 0.3) is 0 Å². The van der Waals surface area contributed by atoms with Gasteiger partial charge in [-0.15, -0.1) is 0 Å². The Morgan fingerprint density at radius 3 is 2.76 bits per heavy atom. The van der Waals surface area contributed by atoms with E-state index in [1.165, 1.54) is 6.26 Å². The highest BCUT2D eigenvalue weighted by molar-refractivity contribution is 9.10. The van der Waals surface area contributed by atoms with Crippen LogP contribution in [0.1, 0.15) is 34.8 Å². The SMILES string of the molecule is O=C(c1ccoc1Br)N1CCCC1c1ccc(Cl)c(Cl)c1. The zero-order valence-corrected chi connectivity index (χ0v) is 14.1. The normalized spacial score (nSPS) is 18.2. The number of carbonyl (C=O) groups excluding carboxylic acids is 1. The van der Waals surface area contributed by atoms with Gasteiger partial charge in [0.25, 0.3) is 5.91 Å². The van der Waals surface area contributed by atoms with Crippen molar-refractivity contribution in [3.8, 4) is 0 Å². The number of furan rings is 1. The van der Waals surface area contributed by atoms with Gasteiger partial charge in [0.05, 0.1) is 27.9 Å². The Hall–Kier alpha value is -0.970. The van der Waals surface area contributed by atoms with Gasteiger partial charge in [0, 0.05) is 6.54 Å². The fourth-order valence-electron chi connectivity index (χ4n) is 2.68. The highest BCUT2D eigenvalue weighted by Crippen LogP contribution is 2.36. The highest BCUT2D eigenvalue weighted by atomic mass is 79.9. The maximum atomic E-state index is 12.6. The summed E-state index contributed by atoms with van der Waals surface area (Å²) in [6.07, 6.45) is 3.38. The molecule has 1 fully saturated rings. The molecule has 1 amide bonds. The molecule has 1 aromatic carbocycles. The Labute approximate surface area is 140 Å². The van der Waals surface area contributed by atoms with Crippen LogP contribution in [0.5, 0.6) is 0 Å². The third kappa shape index (κ3) is 2.85. The topological polar surface area (TPSA) is 33.5 Å². The summed E-state index contributed by atoms with van der Waals surface area (Å²) in [6.45, 7) is 0.724. The monoisotopic (exact) mass is 387 g/mol. The van der Waals surface area contributed by atoms with E-state index in [9.17, 15) is 4.79 Å². The molecule has 3 rings (SSSR count). The summed E-state index contributed by atoms with van der Waals surface area (Å²) in [7, 11) is 0. The summed E-state index contributed by atoms with van der Waals surface area (Å²) in [5, 5.41) is 1.03. The van der Waals surface area contributed by atoms with Gasteiger partial charge in [0.1, 0.15) is 0 Å². The van der Waals surface area contributed by atoms with Gasteiger partial charge in [-0.2, -0.15) is 0 Å². The third-order valence-corrected chi connectivity index (χ3v) is 5.04. The first-order valence-electron chi connectivity index (χ1n) is 6.57. The van der Waals surface area contributed by atoms with E-state index < -0.39 is 0 Å². The molecule has 0 radical (unpaired) electrons. The largest absolute Gasteiger partial charge is 0.457 e. The van der Waals surface area contributed by atoms with Crippen molar-refractivity contribution in [2.45, 2.75) is 18.9 Å². The molecule has 1 aliphatic rings. The summed E-state index contributed by atoms with van der Waals surface area (Å²) in [4.78, 5) is 14.5. The Balaban J connectivity index is 1.90.